The predicted octanol–water partition coefficient (Wildman–Crippen LogP) is 2.74. The molecule has 1 unspecified atom stereocenters. The highest BCUT2D eigenvalue weighted by Crippen LogP contribution is 2.42. The third kappa shape index (κ3) is 3.93. The van der Waals surface area contributed by atoms with Crippen LogP contribution in [0.5, 0.6) is 5.75 Å². The molecular formula is C19H23FN2O3. The van der Waals surface area contributed by atoms with Gasteiger partial charge < -0.3 is 14.4 Å². The summed E-state index contributed by atoms with van der Waals surface area (Å²) in [5, 5.41) is 8.85. The Morgan fingerprint density at radius 1 is 1.44 bits per heavy atom. The van der Waals surface area contributed by atoms with Crippen molar-refractivity contribution in [3.63, 3.8) is 0 Å². The average molecular weight is 346 g/mol. The lowest BCUT2D eigenvalue weighted by Gasteiger charge is -2.38. The van der Waals surface area contributed by atoms with E-state index in [0.29, 0.717) is 31.2 Å². The van der Waals surface area contributed by atoms with Crippen molar-refractivity contribution in [2.45, 2.75) is 26.2 Å². The Kier molecular flexibility index (Phi) is 5.24. The Labute approximate surface area is 147 Å². The third-order valence-corrected chi connectivity index (χ3v) is 5.52. The van der Waals surface area contributed by atoms with Crippen LogP contribution in [0.15, 0.2) is 18.2 Å². The quantitative estimate of drug-likeness (QED) is 0.822. The van der Waals surface area contributed by atoms with Crippen LogP contribution in [0.3, 0.4) is 0 Å². The first-order chi connectivity index (χ1) is 12.0. The molecule has 2 heterocycles. The molecule has 25 heavy (non-hydrogen) atoms. The second kappa shape index (κ2) is 7.40. The fourth-order valence-electron chi connectivity index (χ4n) is 3.65. The van der Waals surface area contributed by atoms with Crippen molar-refractivity contribution in [2.75, 3.05) is 32.9 Å². The lowest BCUT2D eigenvalue weighted by Crippen LogP contribution is -2.36. The van der Waals surface area contributed by atoms with Gasteiger partial charge in [-0.2, -0.15) is 5.26 Å². The number of hydrogen-bond acceptors (Lipinski definition) is 4. The van der Waals surface area contributed by atoms with Gasteiger partial charge in [-0.05, 0) is 36.3 Å². The summed E-state index contributed by atoms with van der Waals surface area (Å²) < 4.78 is 24.3. The number of carbonyl (C=O) groups excluding carboxylic acids is 1. The molecule has 2 saturated heterocycles. The molecule has 0 bridgehead atoms. The minimum atomic E-state index is -0.558. The highest BCUT2D eigenvalue weighted by Gasteiger charge is 2.42. The summed E-state index contributed by atoms with van der Waals surface area (Å²) in [5.41, 5.74) is 0.129. The molecule has 0 spiro atoms. The summed E-state index contributed by atoms with van der Waals surface area (Å²) >= 11 is 0. The zero-order valence-corrected chi connectivity index (χ0v) is 14.5. The van der Waals surface area contributed by atoms with Crippen LogP contribution >= 0.6 is 0 Å². The number of nitriles is 1. The first kappa shape index (κ1) is 17.7. The number of carbonyl (C=O) groups is 1. The predicted molar refractivity (Wildman–Crippen MR) is 89.5 cm³/mol. The summed E-state index contributed by atoms with van der Waals surface area (Å²) in [7, 11) is 0. The normalized spacial score (nSPS) is 22.7. The van der Waals surface area contributed by atoms with Crippen molar-refractivity contribution < 1.29 is 18.7 Å². The van der Waals surface area contributed by atoms with Gasteiger partial charge in [0.25, 0.3) is 0 Å². The lowest BCUT2D eigenvalue weighted by atomic mass is 9.71. The molecule has 1 atom stereocenters. The Balaban J connectivity index is 1.52. The van der Waals surface area contributed by atoms with Gasteiger partial charge in [-0.25, -0.2) is 4.39 Å². The van der Waals surface area contributed by atoms with Gasteiger partial charge in [0.2, 0.25) is 5.91 Å². The van der Waals surface area contributed by atoms with Gasteiger partial charge in [-0.1, -0.05) is 6.92 Å². The number of hydrogen-bond donors (Lipinski definition) is 0. The van der Waals surface area contributed by atoms with E-state index in [-0.39, 0.29) is 16.9 Å². The Morgan fingerprint density at radius 3 is 2.92 bits per heavy atom. The van der Waals surface area contributed by atoms with E-state index in [0.717, 1.165) is 32.6 Å². The third-order valence-electron chi connectivity index (χ3n) is 5.52. The van der Waals surface area contributed by atoms with Crippen molar-refractivity contribution in [3.8, 4) is 11.8 Å². The van der Waals surface area contributed by atoms with Crippen LogP contribution in [0.4, 0.5) is 4.39 Å². The van der Waals surface area contributed by atoms with Gasteiger partial charge in [-0.15, -0.1) is 0 Å². The van der Waals surface area contributed by atoms with E-state index in [9.17, 15) is 9.18 Å². The number of halogens is 1. The lowest BCUT2D eigenvalue weighted by molar-refractivity contribution is -0.128. The van der Waals surface area contributed by atoms with Crippen molar-refractivity contribution in [2.24, 2.45) is 11.3 Å². The number of likely N-dealkylation sites (tertiary alicyclic amines) is 1. The Hall–Kier alpha value is -2.13. The van der Waals surface area contributed by atoms with Crippen molar-refractivity contribution in [1.29, 1.82) is 5.26 Å². The molecule has 2 aliphatic heterocycles. The molecule has 0 aromatic heterocycles. The first-order valence-corrected chi connectivity index (χ1v) is 8.70. The Bertz CT molecular complexity index is 680. The zero-order chi connectivity index (χ0) is 17.9. The van der Waals surface area contributed by atoms with Crippen molar-refractivity contribution in [3.05, 3.63) is 29.6 Å². The van der Waals surface area contributed by atoms with Gasteiger partial charge in [0.1, 0.15) is 24.2 Å². The maximum absolute atomic E-state index is 13.3. The van der Waals surface area contributed by atoms with E-state index in [4.69, 9.17) is 14.7 Å². The molecule has 0 aliphatic carbocycles. The second-order valence-corrected chi connectivity index (χ2v) is 7.11. The summed E-state index contributed by atoms with van der Waals surface area (Å²) in [5.74, 6) is 0.410. The number of benzene rings is 1. The van der Waals surface area contributed by atoms with Crippen LogP contribution in [-0.4, -0.2) is 43.7 Å². The number of ether oxygens (including phenoxy) is 2. The summed E-state index contributed by atoms with van der Waals surface area (Å²) in [4.78, 5) is 14.2. The van der Waals surface area contributed by atoms with E-state index in [1.165, 1.54) is 18.2 Å². The largest absolute Gasteiger partial charge is 0.492 e. The molecule has 6 heteroatoms. The molecule has 0 N–H and O–H groups in total. The maximum Gasteiger partial charge on any atom is 0.223 e. The van der Waals surface area contributed by atoms with Gasteiger partial charge >= 0.3 is 0 Å². The molecule has 134 valence electrons. The molecule has 1 aromatic rings. The number of rotatable bonds is 5. The number of amides is 1. The average Bonchev–Trinajstić information content (AvgIpc) is 2.99. The minimum Gasteiger partial charge on any atom is -0.492 e. The van der Waals surface area contributed by atoms with Crippen LogP contribution < -0.4 is 4.74 Å². The topological polar surface area (TPSA) is 62.6 Å². The fraction of sp³-hybridized carbons (Fsp3) is 0.579. The monoisotopic (exact) mass is 346 g/mol. The molecule has 0 radical (unpaired) electrons. The molecule has 2 aliphatic rings. The number of nitrogens with zero attached hydrogens (tertiary/aromatic N) is 2. The molecular weight excluding hydrogens is 323 g/mol. The van der Waals surface area contributed by atoms with E-state index in [1.54, 1.807) is 6.07 Å². The summed E-state index contributed by atoms with van der Waals surface area (Å²) in [6.45, 7) is 5.39. The van der Waals surface area contributed by atoms with Crippen LogP contribution in [0.2, 0.25) is 0 Å². The highest BCUT2D eigenvalue weighted by molar-refractivity contribution is 5.78. The molecule has 3 rings (SSSR count). The van der Waals surface area contributed by atoms with Crippen molar-refractivity contribution >= 4 is 5.91 Å². The van der Waals surface area contributed by atoms with Crippen LogP contribution in [-0.2, 0) is 9.53 Å². The van der Waals surface area contributed by atoms with Gasteiger partial charge in [0, 0.05) is 32.2 Å². The summed E-state index contributed by atoms with van der Waals surface area (Å²) in [6.07, 6.45) is 2.59. The molecule has 1 amide bonds. The van der Waals surface area contributed by atoms with E-state index >= 15 is 0 Å². The standard InChI is InChI=1S/C19H23FN2O3/c1-19(4-7-24-8-5-19)15-11-18(23)22(13-15)6-9-25-16-2-3-17(20)14(10-16)12-21/h2-3,10,15H,4-9,11,13H2,1H3. The highest BCUT2D eigenvalue weighted by atomic mass is 19.1. The van der Waals surface area contributed by atoms with Crippen molar-refractivity contribution in [1.82, 2.24) is 4.90 Å². The van der Waals surface area contributed by atoms with E-state index < -0.39 is 5.82 Å². The summed E-state index contributed by atoms with van der Waals surface area (Å²) in [6, 6.07) is 5.89. The van der Waals surface area contributed by atoms with Gasteiger partial charge in [0.15, 0.2) is 0 Å². The maximum atomic E-state index is 13.3. The van der Waals surface area contributed by atoms with Crippen LogP contribution in [0.1, 0.15) is 31.7 Å². The first-order valence-electron chi connectivity index (χ1n) is 8.70. The molecule has 2 fully saturated rings. The molecule has 5 nitrogen and oxygen atoms in total. The fourth-order valence-corrected chi connectivity index (χ4v) is 3.65. The van der Waals surface area contributed by atoms with Gasteiger partial charge in [0.05, 0.1) is 12.1 Å². The molecule has 0 saturated carbocycles. The minimum absolute atomic E-state index is 0.0396. The zero-order valence-electron chi connectivity index (χ0n) is 14.5. The second-order valence-electron chi connectivity index (χ2n) is 7.11. The van der Waals surface area contributed by atoms with Gasteiger partial charge in [-0.3, -0.25) is 4.79 Å². The van der Waals surface area contributed by atoms with E-state index in [2.05, 4.69) is 6.92 Å². The van der Waals surface area contributed by atoms with Crippen LogP contribution in [0, 0.1) is 28.5 Å². The SMILES string of the molecule is CC1(C2CC(=O)N(CCOc3ccc(F)c(C#N)c3)C2)CCOCC1. The smallest absolute Gasteiger partial charge is 0.223 e. The molecule has 1 aromatic carbocycles. The van der Waals surface area contributed by atoms with Crippen LogP contribution in [0.25, 0.3) is 0 Å². The Morgan fingerprint density at radius 2 is 2.20 bits per heavy atom. The van der Waals surface area contributed by atoms with E-state index in [1.807, 2.05) is 4.90 Å².